The summed E-state index contributed by atoms with van der Waals surface area (Å²) in [6.45, 7) is 0. The second kappa shape index (κ2) is 8.12. The number of amidine groups is 1. The number of hydrogen-bond acceptors (Lipinski definition) is 4. The van der Waals surface area contributed by atoms with Gasteiger partial charge in [0.1, 0.15) is 12.1 Å². The van der Waals surface area contributed by atoms with Crippen molar-refractivity contribution in [2.45, 2.75) is 38.1 Å². The van der Waals surface area contributed by atoms with E-state index in [0.29, 0.717) is 17.3 Å². The second-order valence-electron chi connectivity index (χ2n) is 5.66. The van der Waals surface area contributed by atoms with Crippen LogP contribution in [0.3, 0.4) is 0 Å². The number of carbonyl (C=O) groups excluding carboxylic acids is 2. The van der Waals surface area contributed by atoms with E-state index in [1.165, 1.54) is 25.5 Å². The highest BCUT2D eigenvalue weighted by atomic mass is 16.1. The molecule has 6 heteroatoms. The lowest BCUT2D eigenvalue weighted by atomic mass is 9.95. The molecule has 0 aromatic heterocycles. The van der Waals surface area contributed by atoms with Gasteiger partial charge >= 0.3 is 0 Å². The van der Waals surface area contributed by atoms with Gasteiger partial charge in [0.05, 0.1) is 5.57 Å². The van der Waals surface area contributed by atoms with Crippen molar-refractivity contribution in [1.82, 2.24) is 5.32 Å². The lowest BCUT2D eigenvalue weighted by Gasteiger charge is -2.22. The Morgan fingerprint density at radius 2 is 1.83 bits per heavy atom. The first kappa shape index (κ1) is 16.7. The molecular weight excluding hydrogens is 292 g/mol. The maximum absolute atomic E-state index is 11.6. The molecule has 1 aromatic rings. The van der Waals surface area contributed by atoms with E-state index in [0.717, 1.165) is 19.1 Å². The largest absolute Gasteiger partial charge is 0.387 e. The highest BCUT2D eigenvalue weighted by Gasteiger charge is 2.15. The molecule has 0 heterocycles. The van der Waals surface area contributed by atoms with Crippen molar-refractivity contribution >= 4 is 23.7 Å². The van der Waals surface area contributed by atoms with Crippen LogP contribution in [-0.2, 0) is 4.79 Å². The van der Waals surface area contributed by atoms with E-state index >= 15 is 0 Å². The van der Waals surface area contributed by atoms with Crippen molar-refractivity contribution in [1.29, 1.82) is 5.41 Å². The molecule has 0 spiro atoms. The topological polar surface area (TPSA) is 108 Å². The summed E-state index contributed by atoms with van der Waals surface area (Å²) in [5.74, 6) is -0.727. The van der Waals surface area contributed by atoms with Gasteiger partial charge < -0.3 is 16.4 Å². The molecule has 1 amide bonds. The fourth-order valence-corrected chi connectivity index (χ4v) is 2.59. The van der Waals surface area contributed by atoms with Gasteiger partial charge in [-0.15, -0.1) is 0 Å². The number of primary amides is 1. The van der Waals surface area contributed by atoms with E-state index in [1.54, 1.807) is 24.3 Å². The molecule has 2 rings (SSSR count). The molecule has 122 valence electrons. The quantitative estimate of drug-likeness (QED) is 0.279. The number of aldehydes is 1. The Kier molecular flexibility index (Phi) is 5.91. The minimum Gasteiger partial charge on any atom is -0.387 e. The number of nitrogens with one attached hydrogen (secondary N) is 3. The van der Waals surface area contributed by atoms with Crippen LogP contribution in [0.5, 0.6) is 0 Å². The van der Waals surface area contributed by atoms with Crippen molar-refractivity contribution in [2.75, 3.05) is 5.32 Å². The summed E-state index contributed by atoms with van der Waals surface area (Å²) in [5.41, 5.74) is 6.65. The maximum Gasteiger partial charge on any atom is 0.253 e. The fraction of sp³-hybridized carbons (Fsp3) is 0.353. The van der Waals surface area contributed by atoms with Gasteiger partial charge in [-0.3, -0.25) is 15.0 Å². The molecule has 0 saturated heterocycles. The molecule has 0 atom stereocenters. The van der Waals surface area contributed by atoms with Crippen LogP contribution in [0.4, 0.5) is 5.69 Å². The third kappa shape index (κ3) is 4.95. The molecule has 0 radical (unpaired) electrons. The van der Waals surface area contributed by atoms with Gasteiger partial charge in [-0.05, 0) is 37.1 Å². The average molecular weight is 314 g/mol. The second-order valence-corrected chi connectivity index (χ2v) is 5.66. The van der Waals surface area contributed by atoms with Crippen LogP contribution in [0.2, 0.25) is 0 Å². The number of hydrogen-bond donors (Lipinski definition) is 4. The van der Waals surface area contributed by atoms with Crippen LogP contribution in [0.1, 0.15) is 42.5 Å². The number of nitrogens with two attached hydrogens (primary N) is 1. The van der Waals surface area contributed by atoms with Crippen molar-refractivity contribution in [3.05, 3.63) is 41.6 Å². The summed E-state index contributed by atoms with van der Waals surface area (Å²) in [7, 11) is 0. The third-order valence-corrected chi connectivity index (χ3v) is 3.92. The fourth-order valence-electron chi connectivity index (χ4n) is 2.59. The lowest BCUT2D eigenvalue weighted by molar-refractivity contribution is -0.114. The van der Waals surface area contributed by atoms with Gasteiger partial charge in [0.2, 0.25) is 0 Å². The zero-order valence-corrected chi connectivity index (χ0v) is 13.0. The summed E-state index contributed by atoms with van der Waals surface area (Å²) in [6, 6.07) is 6.95. The predicted molar refractivity (Wildman–Crippen MR) is 90.5 cm³/mol. The monoisotopic (exact) mass is 314 g/mol. The number of amides is 1. The molecule has 1 aliphatic carbocycles. The van der Waals surface area contributed by atoms with Crippen LogP contribution < -0.4 is 16.4 Å². The summed E-state index contributed by atoms with van der Waals surface area (Å²) >= 11 is 0. The smallest absolute Gasteiger partial charge is 0.253 e. The van der Waals surface area contributed by atoms with Crippen LogP contribution in [0.15, 0.2) is 36.0 Å². The van der Waals surface area contributed by atoms with E-state index in [4.69, 9.17) is 11.1 Å². The van der Waals surface area contributed by atoms with E-state index in [-0.39, 0.29) is 11.4 Å². The minimum absolute atomic E-state index is 0.0698. The SMILES string of the molecule is N=C(Nc1ccc(C=O)cc1)/C(=C\NC1CCCCC1)C(N)=O. The highest BCUT2D eigenvalue weighted by Crippen LogP contribution is 2.17. The molecule has 1 fully saturated rings. The zero-order chi connectivity index (χ0) is 16.7. The van der Waals surface area contributed by atoms with E-state index < -0.39 is 5.91 Å². The van der Waals surface area contributed by atoms with Gasteiger partial charge in [0, 0.05) is 23.5 Å². The molecular formula is C17H22N4O2. The van der Waals surface area contributed by atoms with Crippen LogP contribution in [0.25, 0.3) is 0 Å². The number of anilines is 1. The Labute approximate surface area is 135 Å². The molecule has 0 bridgehead atoms. The van der Waals surface area contributed by atoms with Crippen molar-refractivity contribution in [3.8, 4) is 0 Å². The van der Waals surface area contributed by atoms with Gasteiger partial charge in [-0.1, -0.05) is 19.3 Å². The highest BCUT2D eigenvalue weighted by molar-refractivity contribution is 6.23. The number of rotatable bonds is 6. The molecule has 0 aliphatic heterocycles. The minimum atomic E-state index is -0.657. The molecule has 0 unspecified atom stereocenters. The number of benzene rings is 1. The Bertz CT molecular complexity index is 602. The first-order valence-corrected chi connectivity index (χ1v) is 7.77. The molecule has 1 aromatic carbocycles. The molecule has 6 nitrogen and oxygen atoms in total. The van der Waals surface area contributed by atoms with Crippen molar-refractivity contribution < 1.29 is 9.59 Å². The zero-order valence-electron chi connectivity index (χ0n) is 13.0. The first-order valence-electron chi connectivity index (χ1n) is 7.77. The Hall–Kier alpha value is -2.63. The standard InChI is InChI=1S/C17H22N4O2/c18-16(21-14-8-6-12(11-22)7-9-14)15(17(19)23)10-20-13-4-2-1-3-5-13/h6-11,13,20H,1-5H2,(H2,18,21)(H2,19,23)/b15-10+. The van der Waals surface area contributed by atoms with E-state index in [1.807, 2.05) is 0 Å². The predicted octanol–water partition coefficient (Wildman–Crippen LogP) is 2.18. The first-order chi connectivity index (χ1) is 11.1. The summed E-state index contributed by atoms with van der Waals surface area (Å²) in [4.78, 5) is 22.2. The van der Waals surface area contributed by atoms with E-state index in [2.05, 4.69) is 10.6 Å². The van der Waals surface area contributed by atoms with Crippen LogP contribution in [0, 0.1) is 5.41 Å². The summed E-state index contributed by atoms with van der Waals surface area (Å²) < 4.78 is 0. The van der Waals surface area contributed by atoms with Gasteiger partial charge in [-0.2, -0.15) is 0 Å². The van der Waals surface area contributed by atoms with Crippen LogP contribution >= 0.6 is 0 Å². The van der Waals surface area contributed by atoms with Gasteiger partial charge in [0.25, 0.3) is 5.91 Å². The Morgan fingerprint density at radius 1 is 1.17 bits per heavy atom. The van der Waals surface area contributed by atoms with Crippen molar-refractivity contribution in [3.63, 3.8) is 0 Å². The summed E-state index contributed by atoms with van der Waals surface area (Å²) in [6.07, 6.45) is 8.02. The summed E-state index contributed by atoms with van der Waals surface area (Å²) in [5, 5.41) is 14.1. The lowest BCUT2D eigenvalue weighted by Crippen LogP contribution is -2.31. The number of carbonyl (C=O) groups is 2. The average Bonchev–Trinajstić information content (AvgIpc) is 2.56. The third-order valence-electron chi connectivity index (χ3n) is 3.92. The molecule has 5 N–H and O–H groups in total. The maximum atomic E-state index is 11.6. The van der Waals surface area contributed by atoms with Crippen LogP contribution in [-0.4, -0.2) is 24.1 Å². The van der Waals surface area contributed by atoms with E-state index in [9.17, 15) is 9.59 Å². The van der Waals surface area contributed by atoms with Crippen molar-refractivity contribution in [2.24, 2.45) is 5.73 Å². The Morgan fingerprint density at radius 3 is 2.39 bits per heavy atom. The molecule has 23 heavy (non-hydrogen) atoms. The van der Waals surface area contributed by atoms with Gasteiger partial charge in [0.15, 0.2) is 0 Å². The van der Waals surface area contributed by atoms with Gasteiger partial charge in [-0.25, -0.2) is 0 Å². The Balaban J connectivity index is 2.01. The molecule has 1 aliphatic rings. The normalized spacial score (nSPS) is 15.7. The molecule has 1 saturated carbocycles.